The van der Waals surface area contributed by atoms with Gasteiger partial charge in [-0.1, -0.05) is 26.0 Å². The molecule has 0 saturated carbocycles. The van der Waals surface area contributed by atoms with Crippen LogP contribution in [0.3, 0.4) is 0 Å². The van der Waals surface area contributed by atoms with Crippen molar-refractivity contribution in [3.63, 3.8) is 0 Å². The summed E-state index contributed by atoms with van der Waals surface area (Å²) in [5, 5.41) is 3.42. The first-order chi connectivity index (χ1) is 13.7. The van der Waals surface area contributed by atoms with Gasteiger partial charge in [0.2, 0.25) is 0 Å². The highest BCUT2D eigenvalue weighted by Gasteiger charge is 2.24. The van der Waals surface area contributed by atoms with Gasteiger partial charge < -0.3 is 24.6 Å². The number of nitrogens with zero attached hydrogens (tertiary/aromatic N) is 3. The van der Waals surface area contributed by atoms with Crippen LogP contribution in [0.15, 0.2) is 29.3 Å². The summed E-state index contributed by atoms with van der Waals surface area (Å²) in [4.78, 5) is 9.55. The molecule has 0 amide bonds. The number of rotatable bonds is 11. The molecule has 1 unspecified atom stereocenters. The molecule has 0 spiro atoms. The lowest BCUT2D eigenvalue weighted by atomic mass is 10.1. The number of guanidine groups is 1. The molecule has 2 rings (SSSR count). The molecule has 1 fully saturated rings. The lowest BCUT2D eigenvalue weighted by molar-refractivity contribution is 0.157. The standard InChI is InChI=1S/C22H38N4O2.HI/c1-5-23-22(26-13-12-20(17-26)18-27-4)24-16-19-8-10-21(11-9-19)28-15-14-25(6-2)7-3;/h8-11,20H,5-7,12-18H2,1-4H3,(H,23,24);1H. The molecule has 166 valence electrons. The lowest BCUT2D eigenvalue weighted by Gasteiger charge is -2.21. The van der Waals surface area contributed by atoms with Gasteiger partial charge in [0, 0.05) is 39.2 Å². The van der Waals surface area contributed by atoms with E-state index in [-0.39, 0.29) is 24.0 Å². The highest BCUT2D eigenvalue weighted by atomic mass is 127. The van der Waals surface area contributed by atoms with E-state index in [1.165, 1.54) is 5.56 Å². The van der Waals surface area contributed by atoms with E-state index in [0.717, 1.165) is 70.6 Å². The molecule has 1 atom stereocenters. The Balaban J connectivity index is 0.00000420. The van der Waals surface area contributed by atoms with E-state index in [0.29, 0.717) is 12.5 Å². The Morgan fingerprint density at radius 1 is 1.21 bits per heavy atom. The Morgan fingerprint density at radius 2 is 1.93 bits per heavy atom. The summed E-state index contributed by atoms with van der Waals surface area (Å²) in [7, 11) is 1.78. The van der Waals surface area contributed by atoms with Crippen molar-refractivity contribution in [3.8, 4) is 5.75 Å². The molecule has 0 radical (unpaired) electrons. The Kier molecular flexibility index (Phi) is 13.3. The van der Waals surface area contributed by atoms with Gasteiger partial charge in [-0.2, -0.15) is 0 Å². The third kappa shape index (κ3) is 9.09. The van der Waals surface area contributed by atoms with Gasteiger partial charge in [0.15, 0.2) is 5.96 Å². The van der Waals surface area contributed by atoms with E-state index < -0.39 is 0 Å². The zero-order chi connectivity index (χ0) is 20.2. The largest absolute Gasteiger partial charge is 0.492 e. The molecular weight excluding hydrogens is 479 g/mol. The van der Waals surface area contributed by atoms with Gasteiger partial charge in [-0.25, -0.2) is 4.99 Å². The Morgan fingerprint density at radius 3 is 2.55 bits per heavy atom. The quantitative estimate of drug-likeness (QED) is 0.276. The summed E-state index contributed by atoms with van der Waals surface area (Å²) in [6, 6.07) is 8.31. The van der Waals surface area contributed by atoms with Crippen molar-refractivity contribution in [3.05, 3.63) is 29.8 Å². The monoisotopic (exact) mass is 518 g/mol. The number of likely N-dealkylation sites (tertiary alicyclic amines) is 1. The summed E-state index contributed by atoms with van der Waals surface area (Å²) in [5.41, 5.74) is 1.19. The van der Waals surface area contributed by atoms with Crippen molar-refractivity contribution in [2.45, 2.75) is 33.7 Å². The molecule has 1 saturated heterocycles. The normalized spacial score (nSPS) is 16.8. The molecule has 0 aromatic heterocycles. The highest BCUT2D eigenvalue weighted by molar-refractivity contribution is 14.0. The zero-order valence-corrected chi connectivity index (χ0v) is 20.9. The number of methoxy groups -OCH3 is 1. The Bertz CT molecular complexity index is 579. The molecule has 1 heterocycles. The summed E-state index contributed by atoms with van der Waals surface area (Å²) in [6.07, 6.45) is 1.16. The third-order valence-corrected chi connectivity index (χ3v) is 5.23. The van der Waals surface area contributed by atoms with Crippen LogP contribution in [0.1, 0.15) is 32.8 Å². The number of likely N-dealkylation sites (N-methyl/N-ethyl adjacent to an activating group) is 1. The summed E-state index contributed by atoms with van der Waals surface area (Å²) >= 11 is 0. The van der Waals surface area contributed by atoms with Crippen LogP contribution in [0, 0.1) is 5.92 Å². The van der Waals surface area contributed by atoms with Crippen LogP contribution < -0.4 is 10.1 Å². The fraction of sp³-hybridized carbons (Fsp3) is 0.682. The molecule has 0 aliphatic carbocycles. The van der Waals surface area contributed by atoms with E-state index in [4.69, 9.17) is 14.5 Å². The van der Waals surface area contributed by atoms with Crippen LogP contribution >= 0.6 is 24.0 Å². The number of benzene rings is 1. The molecule has 1 N–H and O–H groups in total. The van der Waals surface area contributed by atoms with Gasteiger partial charge in [0.25, 0.3) is 0 Å². The van der Waals surface area contributed by atoms with Crippen LogP contribution in [-0.4, -0.2) is 75.4 Å². The number of ether oxygens (including phenoxy) is 2. The fourth-order valence-electron chi connectivity index (χ4n) is 3.51. The van der Waals surface area contributed by atoms with Crippen molar-refractivity contribution < 1.29 is 9.47 Å². The predicted octanol–water partition coefficient (Wildman–Crippen LogP) is 3.46. The van der Waals surface area contributed by atoms with Gasteiger partial charge >= 0.3 is 0 Å². The van der Waals surface area contributed by atoms with Crippen LogP contribution in [0.5, 0.6) is 5.75 Å². The highest BCUT2D eigenvalue weighted by Crippen LogP contribution is 2.17. The van der Waals surface area contributed by atoms with Crippen LogP contribution in [0.4, 0.5) is 0 Å². The van der Waals surface area contributed by atoms with Gasteiger partial charge in [0.1, 0.15) is 12.4 Å². The van der Waals surface area contributed by atoms with Crippen molar-refractivity contribution in [2.75, 3.05) is 59.6 Å². The second-order valence-electron chi connectivity index (χ2n) is 7.25. The zero-order valence-electron chi connectivity index (χ0n) is 18.5. The van der Waals surface area contributed by atoms with Crippen LogP contribution in [0.2, 0.25) is 0 Å². The topological polar surface area (TPSA) is 49.3 Å². The summed E-state index contributed by atoms with van der Waals surface area (Å²) in [6.45, 7) is 14.7. The smallest absolute Gasteiger partial charge is 0.194 e. The van der Waals surface area contributed by atoms with Crippen molar-refractivity contribution >= 4 is 29.9 Å². The number of halogens is 1. The Hall–Kier alpha value is -1.06. The number of hydrogen-bond donors (Lipinski definition) is 1. The van der Waals surface area contributed by atoms with Gasteiger partial charge in [-0.3, -0.25) is 0 Å². The predicted molar refractivity (Wildman–Crippen MR) is 132 cm³/mol. The number of hydrogen-bond acceptors (Lipinski definition) is 4. The fourth-order valence-corrected chi connectivity index (χ4v) is 3.51. The van der Waals surface area contributed by atoms with Crippen molar-refractivity contribution in [1.29, 1.82) is 0 Å². The van der Waals surface area contributed by atoms with Gasteiger partial charge in [-0.05, 0) is 44.1 Å². The van der Waals surface area contributed by atoms with E-state index in [9.17, 15) is 0 Å². The van der Waals surface area contributed by atoms with Gasteiger partial charge in [0.05, 0.1) is 13.2 Å². The number of nitrogens with one attached hydrogen (secondary N) is 1. The molecule has 6 nitrogen and oxygen atoms in total. The number of aliphatic imine (C=N–C) groups is 1. The maximum absolute atomic E-state index is 5.87. The molecule has 29 heavy (non-hydrogen) atoms. The first-order valence-electron chi connectivity index (χ1n) is 10.7. The summed E-state index contributed by atoms with van der Waals surface area (Å²) < 4.78 is 11.2. The molecule has 0 bridgehead atoms. The van der Waals surface area contributed by atoms with Crippen molar-refractivity contribution in [2.24, 2.45) is 10.9 Å². The first-order valence-corrected chi connectivity index (χ1v) is 10.7. The minimum Gasteiger partial charge on any atom is -0.492 e. The van der Waals surface area contributed by atoms with Crippen LogP contribution in [-0.2, 0) is 11.3 Å². The van der Waals surface area contributed by atoms with E-state index in [2.05, 4.69) is 48.0 Å². The molecule has 7 heteroatoms. The van der Waals surface area contributed by atoms with E-state index in [1.807, 2.05) is 12.1 Å². The average molecular weight is 518 g/mol. The maximum atomic E-state index is 5.87. The molecule has 1 aliphatic heterocycles. The second kappa shape index (κ2) is 14.8. The molecule has 1 aliphatic rings. The first kappa shape index (κ1) is 26.0. The maximum Gasteiger partial charge on any atom is 0.194 e. The van der Waals surface area contributed by atoms with Crippen molar-refractivity contribution in [1.82, 2.24) is 15.1 Å². The minimum absolute atomic E-state index is 0. The van der Waals surface area contributed by atoms with Gasteiger partial charge in [-0.15, -0.1) is 24.0 Å². The molecule has 1 aromatic rings. The minimum atomic E-state index is 0. The third-order valence-electron chi connectivity index (χ3n) is 5.23. The average Bonchev–Trinajstić information content (AvgIpc) is 3.18. The van der Waals surface area contributed by atoms with E-state index >= 15 is 0 Å². The lowest BCUT2D eigenvalue weighted by Crippen LogP contribution is -2.40. The summed E-state index contributed by atoms with van der Waals surface area (Å²) in [5.74, 6) is 2.52. The molecular formula is C22H39IN4O2. The SMILES string of the molecule is CCNC(=NCc1ccc(OCCN(CC)CC)cc1)N1CCC(COC)C1.I. The van der Waals surface area contributed by atoms with E-state index in [1.54, 1.807) is 7.11 Å². The molecule has 1 aromatic carbocycles. The van der Waals surface area contributed by atoms with Crippen LogP contribution in [0.25, 0.3) is 0 Å². The second-order valence-corrected chi connectivity index (χ2v) is 7.25. The Labute approximate surface area is 194 Å².